The van der Waals surface area contributed by atoms with Crippen LogP contribution in [0.1, 0.15) is 77.0 Å². The van der Waals surface area contributed by atoms with E-state index in [0.717, 1.165) is 55.6 Å². The average molecular weight is 1010 g/mol. The van der Waals surface area contributed by atoms with Crippen LogP contribution in [0.3, 0.4) is 0 Å². The lowest BCUT2D eigenvalue weighted by Gasteiger charge is -2.42. The van der Waals surface area contributed by atoms with Gasteiger partial charge in [-0.05, 0) is 96.2 Å². The van der Waals surface area contributed by atoms with Gasteiger partial charge in [0.25, 0.3) is 0 Å². The van der Waals surface area contributed by atoms with Crippen LogP contribution in [0, 0.1) is 35.5 Å². The van der Waals surface area contributed by atoms with Gasteiger partial charge in [-0.3, -0.25) is 58.8 Å². The molecule has 0 radical (unpaired) electrons. The molecule has 5 saturated heterocycles. The number of nitrogens with zero attached hydrogens (tertiary/aromatic N) is 4. The molecule has 0 aromatic rings. The van der Waals surface area contributed by atoms with E-state index < -0.39 is 51.5 Å². The smallest absolute Gasteiger partial charge is 0.249 e. The second kappa shape index (κ2) is 24.1. The lowest BCUT2D eigenvalue weighted by Crippen LogP contribution is -2.54. The highest BCUT2D eigenvalue weighted by molar-refractivity contribution is 8.00. The first-order valence-corrected chi connectivity index (χ1v) is 27.7. The minimum atomic E-state index is -3.35. The van der Waals surface area contributed by atoms with Gasteiger partial charge in [0.2, 0.25) is 57.3 Å². The average Bonchev–Trinajstić information content (AvgIpc) is 4.07. The second-order valence-corrected chi connectivity index (χ2v) is 23.3. The van der Waals surface area contributed by atoms with Gasteiger partial charge >= 0.3 is 0 Å². The fraction of sp³-hybridized carbons (Fsp3) is 0.822. The number of amides is 8. The van der Waals surface area contributed by atoms with Gasteiger partial charge in [0.1, 0.15) is 18.1 Å². The molecule has 24 heteroatoms. The number of sulfonamides is 1. The predicted octanol–water partition coefficient (Wildman–Crippen LogP) is -2.31. The molecule has 0 aromatic heterocycles. The van der Waals surface area contributed by atoms with Crippen LogP contribution in [-0.2, 0) is 53.1 Å². The maximum Gasteiger partial charge on any atom is 0.249 e. The molecular formula is C45H73N11O11S2. The van der Waals surface area contributed by atoms with Crippen LogP contribution in [0.15, 0.2) is 0 Å². The van der Waals surface area contributed by atoms with Crippen LogP contribution in [0.2, 0.25) is 0 Å². The number of likely N-dealkylation sites (tertiary alicyclic amines) is 1. The number of ether oxygens (including phenoxy) is 1. The van der Waals surface area contributed by atoms with Crippen molar-refractivity contribution in [3.63, 3.8) is 0 Å². The van der Waals surface area contributed by atoms with Crippen LogP contribution >= 0.6 is 11.8 Å². The summed E-state index contributed by atoms with van der Waals surface area (Å²) in [6.45, 7) is 3.26. The fourth-order valence-electron chi connectivity index (χ4n) is 11.4. The second-order valence-electron chi connectivity index (χ2n) is 20.2. The first-order chi connectivity index (χ1) is 32.9. The van der Waals surface area contributed by atoms with E-state index in [1.165, 1.54) is 10.7 Å². The third kappa shape index (κ3) is 14.2. The van der Waals surface area contributed by atoms with E-state index >= 15 is 0 Å². The number of hydrogen-bond acceptors (Lipinski definition) is 16. The topological polar surface area (TPSA) is 277 Å². The zero-order valence-corrected chi connectivity index (χ0v) is 41.8. The van der Waals surface area contributed by atoms with Crippen molar-refractivity contribution in [2.45, 2.75) is 107 Å². The number of piperidine rings is 2. The molecule has 0 aromatic carbocycles. The maximum atomic E-state index is 13.2. The lowest BCUT2D eigenvalue weighted by molar-refractivity contribution is -0.151. The van der Waals surface area contributed by atoms with Gasteiger partial charge in [0, 0.05) is 57.5 Å². The maximum absolute atomic E-state index is 13.2. The van der Waals surface area contributed by atoms with Gasteiger partial charge in [0.05, 0.1) is 49.4 Å². The Labute approximate surface area is 409 Å². The number of thioether (sulfide) groups is 1. The molecule has 5 heterocycles. The molecule has 8 amide bonds. The molecule has 386 valence electrons. The van der Waals surface area contributed by atoms with Crippen molar-refractivity contribution in [3.8, 4) is 0 Å². The third-order valence-corrected chi connectivity index (χ3v) is 17.8. The zero-order valence-electron chi connectivity index (χ0n) is 40.2. The summed E-state index contributed by atoms with van der Waals surface area (Å²) >= 11 is 1.67. The number of fused-ring (bicyclic) bond motifs is 1. The summed E-state index contributed by atoms with van der Waals surface area (Å²) in [7, 11) is 0.553. The van der Waals surface area contributed by atoms with Crippen molar-refractivity contribution in [1.82, 2.24) is 56.2 Å². The largest absolute Gasteiger partial charge is 0.368 e. The minimum absolute atomic E-state index is 0.0528. The van der Waals surface area contributed by atoms with E-state index in [-0.39, 0.29) is 98.8 Å². The summed E-state index contributed by atoms with van der Waals surface area (Å²) in [4.78, 5) is 106. The molecule has 69 heavy (non-hydrogen) atoms. The molecule has 0 bridgehead atoms. The van der Waals surface area contributed by atoms with Gasteiger partial charge < -0.3 is 36.2 Å². The molecule has 22 nitrogen and oxygen atoms in total. The quantitative estimate of drug-likeness (QED) is 0.0632. The summed E-state index contributed by atoms with van der Waals surface area (Å²) < 4.78 is 30.8. The van der Waals surface area contributed by atoms with E-state index in [0.29, 0.717) is 69.7 Å². The lowest BCUT2D eigenvalue weighted by atomic mass is 9.70. The molecule has 7 fully saturated rings. The summed E-state index contributed by atoms with van der Waals surface area (Å²) in [5, 5.41) is 21.0. The van der Waals surface area contributed by atoms with Crippen LogP contribution in [0.5, 0.6) is 0 Å². The normalized spacial score (nSPS) is 32.2. The number of carbonyl (C=O) groups is 8. The first kappa shape index (κ1) is 53.0. The Balaban J connectivity index is 0.725. The van der Waals surface area contributed by atoms with E-state index in [1.54, 1.807) is 11.8 Å². The molecule has 11 unspecified atom stereocenters. The number of carbonyl (C=O) groups excluding carboxylic acids is 8. The Morgan fingerprint density at radius 3 is 2.29 bits per heavy atom. The highest BCUT2D eigenvalue weighted by Crippen LogP contribution is 2.42. The highest BCUT2D eigenvalue weighted by atomic mass is 32.2. The van der Waals surface area contributed by atoms with Crippen molar-refractivity contribution in [2.24, 2.45) is 35.5 Å². The minimum Gasteiger partial charge on any atom is -0.368 e. The van der Waals surface area contributed by atoms with Gasteiger partial charge in [0.15, 0.2) is 0 Å². The summed E-state index contributed by atoms with van der Waals surface area (Å²) in [5.41, 5.74) is -0.235. The number of rotatable bonds is 20. The Morgan fingerprint density at radius 1 is 0.826 bits per heavy atom. The van der Waals surface area contributed by atoms with Crippen molar-refractivity contribution < 1.29 is 51.5 Å². The summed E-state index contributed by atoms with van der Waals surface area (Å²) in [5.74, 6) is -1.83. The molecule has 7 rings (SSSR count). The van der Waals surface area contributed by atoms with Gasteiger partial charge in [-0.2, -0.15) is 0 Å². The fourth-order valence-corrected chi connectivity index (χ4v) is 13.6. The SMILES string of the molecule is CN(CCNC(=O)COC1CCC2C(=O)N(C3CCC(=O)NC3=O)C(=O)C2C1)CCNC(=O)CN(C)C1CC(C2CCCC(C3CSC(NC(=O)CNC(=O)C4CCN(S(C)(=O)=O)C4)N3)C2)CCN1. The van der Waals surface area contributed by atoms with Gasteiger partial charge in [-0.15, -0.1) is 11.8 Å². The Bertz CT molecular complexity index is 2030. The van der Waals surface area contributed by atoms with Gasteiger partial charge in [-0.25, -0.2) is 12.7 Å². The zero-order chi connectivity index (χ0) is 49.4. The first-order valence-electron chi connectivity index (χ1n) is 24.8. The predicted molar refractivity (Wildman–Crippen MR) is 254 cm³/mol. The van der Waals surface area contributed by atoms with Gasteiger partial charge in [-0.1, -0.05) is 12.8 Å². The molecule has 2 saturated carbocycles. The molecule has 0 spiro atoms. The van der Waals surface area contributed by atoms with E-state index in [4.69, 9.17) is 4.74 Å². The molecular weight excluding hydrogens is 935 g/mol. The third-order valence-electron chi connectivity index (χ3n) is 15.4. The highest BCUT2D eigenvalue weighted by Gasteiger charge is 2.54. The Hall–Kier alpha value is -3.78. The summed E-state index contributed by atoms with van der Waals surface area (Å²) in [6.07, 6.45) is 9.38. The number of imide groups is 2. The standard InChI is InChI=1S/C45H73N11O11S2/c1-53(18-15-48-40(60)25-67-31-7-8-32-33(21-31)44(64)56(43(32)63)35-9-10-37(57)51-42(35)62)17-14-47-39(59)24-54(2)36-20-28(11-13-46-36)27-5-4-6-29(19-27)34-26-68-45(50-34)52-38(58)22-49-41(61)30-12-16-55(23-30)69(3,65)66/h27-36,45-46,50H,4-26H2,1-3H3,(H,47,59)(H,48,60)(H,49,61)(H,52,58)(H,51,57,62). The number of nitrogens with one attached hydrogen (secondary N) is 7. The number of hydrogen-bond donors (Lipinski definition) is 7. The van der Waals surface area contributed by atoms with E-state index in [2.05, 4.69) is 42.1 Å². The molecule has 5 aliphatic heterocycles. The van der Waals surface area contributed by atoms with Crippen molar-refractivity contribution in [3.05, 3.63) is 0 Å². The van der Waals surface area contributed by atoms with Crippen LogP contribution in [0.25, 0.3) is 0 Å². The Kier molecular flexibility index (Phi) is 18.5. The molecule has 7 aliphatic rings. The van der Waals surface area contributed by atoms with Crippen LogP contribution < -0.4 is 37.2 Å². The monoisotopic (exact) mass is 1010 g/mol. The summed E-state index contributed by atoms with van der Waals surface area (Å²) in [6, 6.07) is -0.692. The van der Waals surface area contributed by atoms with E-state index in [9.17, 15) is 46.8 Å². The van der Waals surface area contributed by atoms with Crippen molar-refractivity contribution >= 4 is 69.0 Å². The van der Waals surface area contributed by atoms with Crippen LogP contribution in [-0.4, -0.2) is 196 Å². The van der Waals surface area contributed by atoms with Crippen molar-refractivity contribution in [1.29, 1.82) is 0 Å². The molecule has 11 atom stereocenters. The molecule has 7 N–H and O–H groups in total. The Morgan fingerprint density at radius 2 is 1.55 bits per heavy atom. The van der Waals surface area contributed by atoms with E-state index in [1.807, 2.05) is 19.0 Å². The number of likely N-dealkylation sites (N-methyl/N-ethyl adjacent to an activating group) is 2. The molecule has 2 aliphatic carbocycles. The van der Waals surface area contributed by atoms with Crippen LogP contribution in [0.4, 0.5) is 0 Å². The van der Waals surface area contributed by atoms with Crippen molar-refractivity contribution in [2.75, 3.05) is 91.6 Å².